The van der Waals surface area contributed by atoms with Crippen molar-refractivity contribution in [2.75, 3.05) is 11.9 Å². The lowest BCUT2D eigenvalue weighted by molar-refractivity contribution is 0.185. The van der Waals surface area contributed by atoms with Gasteiger partial charge in [-0.3, -0.25) is 9.36 Å². The number of carbonyl (C=O) groups excluding carboxylic acids is 1. The minimum Gasteiger partial charge on any atom is -0.315 e. The number of hydrogen-bond acceptors (Lipinski definition) is 3. The third-order valence-electron chi connectivity index (χ3n) is 6.37. The number of amides is 2. The molecule has 0 fully saturated rings. The SMILES string of the molecule is Cc1cc(Cl)ccc1-n1c(C(C)N(CCC(C)C)C(=O)Nc2ccccc2Br)nc2ccccc2c1=O. The van der Waals surface area contributed by atoms with Crippen LogP contribution in [0.1, 0.15) is 44.6 Å². The number of aromatic nitrogens is 2. The molecule has 192 valence electrons. The summed E-state index contributed by atoms with van der Waals surface area (Å²) in [6.45, 7) is 8.56. The number of hydrogen-bond donors (Lipinski definition) is 1. The number of para-hydroxylation sites is 2. The van der Waals surface area contributed by atoms with Crippen LogP contribution in [0.15, 0.2) is 76.0 Å². The van der Waals surface area contributed by atoms with Crippen LogP contribution in [0, 0.1) is 12.8 Å². The summed E-state index contributed by atoms with van der Waals surface area (Å²) in [5.41, 5.74) is 2.60. The zero-order valence-electron chi connectivity index (χ0n) is 21.3. The number of aryl methyl sites for hydroxylation is 1. The second-order valence-corrected chi connectivity index (χ2v) is 10.8. The van der Waals surface area contributed by atoms with Gasteiger partial charge in [-0.2, -0.15) is 0 Å². The normalized spacial score (nSPS) is 12.1. The monoisotopic (exact) mass is 580 g/mol. The standard InChI is InChI=1S/C29H30BrClN4O2/c1-18(2)15-16-34(29(37)33-25-12-8-6-10-23(25)30)20(4)27-32-24-11-7-5-9-22(24)28(36)35(27)26-14-13-21(31)17-19(26)3/h5-14,17-18,20H,15-16H2,1-4H3,(H,33,37). The van der Waals surface area contributed by atoms with Gasteiger partial charge in [-0.1, -0.05) is 49.7 Å². The Balaban J connectivity index is 1.87. The first-order chi connectivity index (χ1) is 17.7. The average molecular weight is 582 g/mol. The third kappa shape index (κ3) is 5.89. The summed E-state index contributed by atoms with van der Waals surface area (Å²) >= 11 is 9.74. The van der Waals surface area contributed by atoms with Gasteiger partial charge in [-0.25, -0.2) is 9.78 Å². The predicted octanol–water partition coefficient (Wildman–Crippen LogP) is 7.75. The molecule has 37 heavy (non-hydrogen) atoms. The highest BCUT2D eigenvalue weighted by Crippen LogP contribution is 2.28. The maximum atomic E-state index is 13.9. The van der Waals surface area contributed by atoms with E-state index in [-0.39, 0.29) is 11.6 Å². The van der Waals surface area contributed by atoms with Gasteiger partial charge in [-0.05, 0) is 90.1 Å². The van der Waals surface area contributed by atoms with Gasteiger partial charge in [0.2, 0.25) is 0 Å². The Hall–Kier alpha value is -3.16. The van der Waals surface area contributed by atoms with E-state index >= 15 is 0 Å². The van der Waals surface area contributed by atoms with Crippen molar-refractivity contribution in [1.29, 1.82) is 0 Å². The molecule has 4 aromatic rings. The molecular formula is C29H30BrClN4O2. The van der Waals surface area contributed by atoms with Crippen molar-refractivity contribution in [3.8, 4) is 5.69 Å². The molecule has 1 N–H and O–H groups in total. The third-order valence-corrected chi connectivity index (χ3v) is 7.29. The smallest absolute Gasteiger partial charge is 0.315 e. The molecule has 0 bridgehead atoms. The molecular weight excluding hydrogens is 552 g/mol. The first kappa shape index (κ1) is 26.9. The molecule has 2 amide bonds. The van der Waals surface area contributed by atoms with Crippen LogP contribution in [0.2, 0.25) is 5.02 Å². The van der Waals surface area contributed by atoms with E-state index in [0.717, 1.165) is 16.5 Å². The number of fused-ring (bicyclic) bond motifs is 1. The van der Waals surface area contributed by atoms with E-state index in [0.29, 0.717) is 45.6 Å². The second kappa shape index (κ2) is 11.5. The molecule has 0 radical (unpaired) electrons. The highest BCUT2D eigenvalue weighted by atomic mass is 79.9. The number of benzene rings is 3. The average Bonchev–Trinajstić information content (AvgIpc) is 2.86. The fraction of sp³-hybridized carbons (Fsp3) is 0.276. The fourth-order valence-electron chi connectivity index (χ4n) is 4.29. The molecule has 6 nitrogen and oxygen atoms in total. The Bertz CT molecular complexity index is 1500. The second-order valence-electron chi connectivity index (χ2n) is 9.52. The van der Waals surface area contributed by atoms with E-state index in [4.69, 9.17) is 16.6 Å². The summed E-state index contributed by atoms with van der Waals surface area (Å²) in [4.78, 5) is 34.2. The zero-order chi connectivity index (χ0) is 26.7. The lowest BCUT2D eigenvalue weighted by Crippen LogP contribution is -2.41. The van der Waals surface area contributed by atoms with Gasteiger partial charge < -0.3 is 10.2 Å². The quantitative estimate of drug-likeness (QED) is 0.243. The molecule has 4 rings (SSSR count). The molecule has 0 aliphatic rings. The van der Waals surface area contributed by atoms with Crippen molar-refractivity contribution in [3.63, 3.8) is 0 Å². The fourth-order valence-corrected chi connectivity index (χ4v) is 4.90. The summed E-state index contributed by atoms with van der Waals surface area (Å²) < 4.78 is 2.41. The Labute approximate surface area is 230 Å². The lowest BCUT2D eigenvalue weighted by atomic mass is 10.1. The Morgan fingerprint density at radius 2 is 1.78 bits per heavy atom. The van der Waals surface area contributed by atoms with E-state index in [2.05, 4.69) is 35.1 Å². The molecule has 1 unspecified atom stereocenters. The van der Waals surface area contributed by atoms with Crippen molar-refractivity contribution < 1.29 is 4.79 Å². The largest absolute Gasteiger partial charge is 0.322 e. The molecule has 1 aromatic heterocycles. The van der Waals surface area contributed by atoms with Crippen LogP contribution in [-0.2, 0) is 0 Å². The molecule has 0 spiro atoms. The van der Waals surface area contributed by atoms with E-state index in [1.165, 1.54) is 0 Å². The van der Waals surface area contributed by atoms with Crippen molar-refractivity contribution in [2.24, 2.45) is 5.92 Å². The first-order valence-electron chi connectivity index (χ1n) is 12.3. The number of carbonyl (C=O) groups is 1. The number of rotatable bonds is 7. The molecule has 0 aliphatic heterocycles. The molecule has 0 saturated heterocycles. The summed E-state index contributed by atoms with van der Waals surface area (Å²) in [6, 6.07) is 19.4. The van der Waals surface area contributed by atoms with E-state index in [1.807, 2.05) is 68.4 Å². The summed E-state index contributed by atoms with van der Waals surface area (Å²) in [6.07, 6.45) is 0.797. The Morgan fingerprint density at radius 1 is 1.08 bits per heavy atom. The van der Waals surface area contributed by atoms with Crippen LogP contribution in [0.25, 0.3) is 16.6 Å². The lowest BCUT2D eigenvalue weighted by Gasteiger charge is -2.31. The van der Waals surface area contributed by atoms with Crippen molar-refractivity contribution >= 4 is 50.2 Å². The first-order valence-corrected chi connectivity index (χ1v) is 13.4. The van der Waals surface area contributed by atoms with Crippen LogP contribution >= 0.6 is 27.5 Å². The topological polar surface area (TPSA) is 67.2 Å². The van der Waals surface area contributed by atoms with Gasteiger partial charge in [-0.15, -0.1) is 0 Å². The van der Waals surface area contributed by atoms with Crippen molar-refractivity contribution in [3.05, 3.63) is 98.0 Å². The van der Waals surface area contributed by atoms with Gasteiger partial charge in [0.05, 0.1) is 28.3 Å². The zero-order valence-corrected chi connectivity index (χ0v) is 23.7. The Morgan fingerprint density at radius 3 is 2.49 bits per heavy atom. The number of anilines is 1. The maximum Gasteiger partial charge on any atom is 0.322 e. The van der Waals surface area contributed by atoms with Crippen LogP contribution in [0.5, 0.6) is 0 Å². The maximum absolute atomic E-state index is 13.9. The minimum absolute atomic E-state index is 0.187. The molecule has 0 saturated carbocycles. The molecule has 0 aliphatic carbocycles. The van der Waals surface area contributed by atoms with Crippen molar-refractivity contribution in [1.82, 2.24) is 14.5 Å². The van der Waals surface area contributed by atoms with E-state index in [9.17, 15) is 9.59 Å². The molecule has 1 atom stereocenters. The summed E-state index contributed by atoms with van der Waals surface area (Å²) in [5, 5.41) is 4.12. The summed E-state index contributed by atoms with van der Waals surface area (Å²) in [7, 11) is 0. The number of nitrogens with zero attached hydrogens (tertiary/aromatic N) is 3. The highest BCUT2D eigenvalue weighted by molar-refractivity contribution is 9.10. The number of nitrogens with one attached hydrogen (secondary N) is 1. The van der Waals surface area contributed by atoms with Crippen LogP contribution in [0.4, 0.5) is 10.5 Å². The van der Waals surface area contributed by atoms with Gasteiger partial charge >= 0.3 is 6.03 Å². The van der Waals surface area contributed by atoms with Gasteiger partial charge in [0.1, 0.15) is 5.82 Å². The van der Waals surface area contributed by atoms with Crippen LogP contribution in [0.3, 0.4) is 0 Å². The van der Waals surface area contributed by atoms with Gasteiger partial charge in [0.25, 0.3) is 5.56 Å². The van der Waals surface area contributed by atoms with Crippen LogP contribution < -0.4 is 10.9 Å². The van der Waals surface area contributed by atoms with E-state index < -0.39 is 6.04 Å². The number of urea groups is 1. The predicted molar refractivity (Wildman–Crippen MR) is 155 cm³/mol. The van der Waals surface area contributed by atoms with E-state index in [1.54, 1.807) is 21.6 Å². The molecule has 1 heterocycles. The van der Waals surface area contributed by atoms with Crippen molar-refractivity contribution in [2.45, 2.75) is 40.2 Å². The highest BCUT2D eigenvalue weighted by Gasteiger charge is 2.28. The minimum atomic E-state index is -0.506. The Kier molecular flexibility index (Phi) is 8.35. The number of halogens is 2. The molecule has 8 heteroatoms. The van der Waals surface area contributed by atoms with Gasteiger partial charge in [0.15, 0.2) is 0 Å². The summed E-state index contributed by atoms with van der Waals surface area (Å²) in [5.74, 6) is 0.872. The van der Waals surface area contributed by atoms with Gasteiger partial charge in [0, 0.05) is 16.0 Å². The molecule has 3 aromatic carbocycles. The van der Waals surface area contributed by atoms with Crippen LogP contribution in [-0.4, -0.2) is 27.0 Å².